The number of aromatic hydroxyl groups is 2. The number of fused-ring (bicyclic) bond motifs is 1. The van der Waals surface area contributed by atoms with Gasteiger partial charge in [-0.2, -0.15) is 0 Å². The highest BCUT2D eigenvalue weighted by atomic mass is 32.2. The summed E-state index contributed by atoms with van der Waals surface area (Å²) in [5, 5.41) is 18.9. The van der Waals surface area contributed by atoms with Gasteiger partial charge in [-0.15, -0.1) is 0 Å². The standard InChI is InChI=1S/C15H12O5S/c16-10-4-6-11(7-5-10)20-9-12-8-13-14(17)2-1-3-15(13)21(12,18)19/h1-8,16-17H,9H2. The fourth-order valence-corrected chi connectivity index (χ4v) is 3.59. The van der Waals surface area contributed by atoms with Gasteiger partial charge in [-0.25, -0.2) is 8.42 Å². The maximum absolute atomic E-state index is 12.3. The van der Waals surface area contributed by atoms with E-state index in [1.165, 1.54) is 36.4 Å². The Balaban J connectivity index is 1.86. The summed E-state index contributed by atoms with van der Waals surface area (Å²) < 4.78 is 30.0. The number of phenolic OH excluding ortho intramolecular Hbond substituents is 2. The summed E-state index contributed by atoms with van der Waals surface area (Å²) >= 11 is 0. The summed E-state index contributed by atoms with van der Waals surface area (Å²) in [7, 11) is -3.62. The SMILES string of the molecule is O=S1(=O)C(COc2ccc(O)cc2)=Cc2c(O)cccc21. The Kier molecular flexibility index (Phi) is 3.10. The van der Waals surface area contributed by atoms with Crippen molar-refractivity contribution in [2.75, 3.05) is 6.61 Å². The van der Waals surface area contributed by atoms with E-state index in [0.29, 0.717) is 11.3 Å². The quantitative estimate of drug-likeness (QED) is 0.909. The van der Waals surface area contributed by atoms with E-state index in [2.05, 4.69) is 0 Å². The molecule has 0 fully saturated rings. The Morgan fingerprint density at radius 3 is 2.38 bits per heavy atom. The maximum Gasteiger partial charge on any atom is 0.206 e. The molecule has 0 aliphatic carbocycles. The second-order valence-corrected chi connectivity index (χ2v) is 6.56. The molecular formula is C15H12O5S. The molecule has 1 aliphatic heterocycles. The zero-order valence-electron chi connectivity index (χ0n) is 10.9. The lowest BCUT2D eigenvalue weighted by Gasteiger charge is -2.07. The highest BCUT2D eigenvalue weighted by molar-refractivity contribution is 7.95. The van der Waals surface area contributed by atoms with E-state index >= 15 is 0 Å². The minimum absolute atomic E-state index is 0.0734. The van der Waals surface area contributed by atoms with Crippen LogP contribution in [0, 0.1) is 0 Å². The molecule has 0 saturated heterocycles. The first kappa shape index (κ1) is 13.5. The van der Waals surface area contributed by atoms with Crippen molar-refractivity contribution in [1.29, 1.82) is 0 Å². The highest BCUT2D eigenvalue weighted by Gasteiger charge is 2.31. The first-order chi connectivity index (χ1) is 9.98. The maximum atomic E-state index is 12.3. The van der Waals surface area contributed by atoms with E-state index in [4.69, 9.17) is 4.74 Å². The minimum atomic E-state index is -3.62. The third-order valence-electron chi connectivity index (χ3n) is 3.20. The number of hydrogen-bond donors (Lipinski definition) is 2. The minimum Gasteiger partial charge on any atom is -0.508 e. The second kappa shape index (κ2) is 4.82. The van der Waals surface area contributed by atoms with Crippen LogP contribution in [0.3, 0.4) is 0 Å². The van der Waals surface area contributed by atoms with Crippen LogP contribution >= 0.6 is 0 Å². The Morgan fingerprint density at radius 2 is 1.71 bits per heavy atom. The number of rotatable bonds is 3. The lowest BCUT2D eigenvalue weighted by molar-refractivity contribution is 0.358. The lowest BCUT2D eigenvalue weighted by atomic mass is 10.2. The molecule has 0 spiro atoms. The molecule has 0 saturated carbocycles. The third kappa shape index (κ3) is 2.34. The van der Waals surface area contributed by atoms with E-state index in [1.807, 2.05) is 0 Å². The topological polar surface area (TPSA) is 83.8 Å². The molecule has 0 atom stereocenters. The molecule has 2 N–H and O–H groups in total. The zero-order valence-corrected chi connectivity index (χ0v) is 11.7. The van der Waals surface area contributed by atoms with Crippen molar-refractivity contribution in [1.82, 2.24) is 0 Å². The molecule has 2 aromatic carbocycles. The van der Waals surface area contributed by atoms with Crippen LogP contribution in [0.2, 0.25) is 0 Å². The zero-order chi connectivity index (χ0) is 15.0. The van der Waals surface area contributed by atoms with Crippen molar-refractivity contribution in [3.05, 3.63) is 52.9 Å². The van der Waals surface area contributed by atoms with Gasteiger partial charge in [-0.3, -0.25) is 0 Å². The van der Waals surface area contributed by atoms with Gasteiger partial charge in [0.2, 0.25) is 9.84 Å². The van der Waals surface area contributed by atoms with Gasteiger partial charge in [-0.05, 0) is 42.5 Å². The molecule has 21 heavy (non-hydrogen) atoms. The van der Waals surface area contributed by atoms with Crippen LogP contribution in [0.1, 0.15) is 5.56 Å². The molecule has 0 bridgehead atoms. The molecule has 1 heterocycles. The van der Waals surface area contributed by atoms with Crippen LogP contribution in [0.4, 0.5) is 0 Å². The fourth-order valence-electron chi connectivity index (χ4n) is 2.11. The van der Waals surface area contributed by atoms with Gasteiger partial charge in [0.25, 0.3) is 0 Å². The van der Waals surface area contributed by atoms with Crippen LogP contribution in [0.5, 0.6) is 17.2 Å². The predicted molar refractivity (Wildman–Crippen MR) is 76.9 cm³/mol. The normalized spacial score (nSPS) is 15.3. The van der Waals surface area contributed by atoms with E-state index < -0.39 is 9.84 Å². The molecule has 6 heteroatoms. The summed E-state index contributed by atoms with van der Waals surface area (Å²) in [6, 6.07) is 10.4. The van der Waals surface area contributed by atoms with Crippen LogP contribution in [-0.2, 0) is 9.84 Å². The lowest BCUT2D eigenvalue weighted by Crippen LogP contribution is -2.08. The molecule has 5 nitrogen and oxygen atoms in total. The Morgan fingerprint density at radius 1 is 1.00 bits per heavy atom. The molecule has 0 radical (unpaired) electrons. The number of sulfone groups is 1. The van der Waals surface area contributed by atoms with Crippen molar-refractivity contribution in [2.45, 2.75) is 4.90 Å². The average Bonchev–Trinajstić information content (AvgIpc) is 2.71. The first-order valence-corrected chi connectivity index (χ1v) is 7.66. The molecule has 0 aromatic heterocycles. The molecule has 0 amide bonds. The Labute approximate surface area is 121 Å². The molecule has 108 valence electrons. The monoisotopic (exact) mass is 304 g/mol. The Hall–Kier alpha value is -2.47. The summed E-state index contributed by atoms with van der Waals surface area (Å²) in [6.07, 6.45) is 1.42. The van der Waals surface area contributed by atoms with Crippen LogP contribution in [0.25, 0.3) is 6.08 Å². The predicted octanol–water partition coefficient (Wildman–Crippen LogP) is 2.30. The van der Waals surface area contributed by atoms with Crippen LogP contribution < -0.4 is 4.74 Å². The van der Waals surface area contributed by atoms with Crippen molar-refractivity contribution in [3.8, 4) is 17.2 Å². The molecule has 1 aliphatic rings. The summed E-state index contributed by atoms with van der Waals surface area (Å²) in [4.78, 5) is 0.180. The van der Waals surface area contributed by atoms with Crippen LogP contribution in [0.15, 0.2) is 52.3 Å². The van der Waals surface area contributed by atoms with Crippen molar-refractivity contribution in [3.63, 3.8) is 0 Å². The number of benzene rings is 2. The van der Waals surface area contributed by atoms with E-state index in [9.17, 15) is 18.6 Å². The van der Waals surface area contributed by atoms with Gasteiger partial charge in [-0.1, -0.05) is 6.07 Å². The molecule has 2 aromatic rings. The number of ether oxygens (including phenoxy) is 1. The van der Waals surface area contributed by atoms with Gasteiger partial charge in [0.15, 0.2) is 0 Å². The van der Waals surface area contributed by atoms with Crippen LogP contribution in [-0.4, -0.2) is 25.2 Å². The summed E-state index contributed by atoms with van der Waals surface area (Å²) in [5.74, 6) is 0.479. The van der Waals surface area contributed by atoms with E-state index in [0.717, 1.165) is 0 Å². The van der Waals surface area contributed by atoms with E-state index in [-0.39, 0.29) is 27.9 Å². The van der Waals surface area contributed by atoms with Gasteiger partial charge >= 0.3 is 0 Å². The van der Waals surface area contributed by atoms with Gasteiger partial charge in [0.05, 0.1) is 9.80 Å². The first-order valence-electron chi connectivity index (χ1n) is 6.18. The Bertz CT molecular complexity index is 820. The molecular weight excluding hydrogens is 292 g/mol. The van der Waals surface area contributed by atoms with Crippen molar-refractivity contribution < 1.29 is 23.4 Å². The van der Waals surface area contributed by atoms with Crippen molar-refractivity contribution >= 4 is 15.9 Å². The number of phenols is 2. The van der Waals surface area contributed by atoms with Gasteiger partial charge in [0, 0.05) is 5.56 Å². The summed E-state index contributed by atoms with van der Waals surface area (Å²) in [5.41, 5.74) is 0.293. The third-order valence-corrected chi connectivity index (χ3v) is 5.06. The largest absolute Gasteiger partial charge is 0.508 e. The van der Waals surface area contributed by atoms with Gasteiger partial charge < -0.3 is 14.9 Å². The number of hydrogen-bond acceptors (Lipinski definition) is 5. The van der Waals surface area contributed by atoms with Gasteiger partial charge in [0.1, 0.15) is 23.9 Å². The smallest absolute Gasteiger partial charge is 0.206 e. The highest BCUT2D eigenvalue weighted by Crippen LogP contribution is 2.37. The second-order valence-electron chi connectivity index (χ2n) is 4.59. The fraction of sp³-hybridized carbons (Fsp3) is 0.0667. The molecule has 3 rings (SSSR count). The summed E-state index contributed by atoms with van der Waals surface area (Å²) in [6.45, 7) is -0.138. The van der Waals surface area contributed by atoms with E-state index in [1.54, 1.807) is 12.1 Å². The van der Waals surface area contributed by atoms with Crippen molar-refractivity contribution in [2.24, 2.45) is 0 Å². The molecule has 0 unspecified atom stereocenters. The average molecular weight is 304 g/mol.